The van der Waals surface area contributed by atoms with Crippen molar-refractivity contribution in [2.45, 2.75) is 0 Å². The molecule has 1 heterocycles. The molecule has 1 saturated heterocycles. The van der Waals surface area contributed by atoms with Gasteiger partial charge in [0.05, 0.1) is 23.1 Å². The first-order chi connectivity index (χ1) is 19.9. The number of Topliss-reactive ketones (excluding diaryl/α,β-unsaturated/α-hetero) is 1. The van der Waals surface area contributed by atoms with E-state index in [-0.39, 0.29) is 30.6 Å². The van der Waals surface area contributed by atoms with Crippen molar-refractivity contribution in [1.29, 1.82) is 0 Å². The molecule has 0 radical (unpaired) electrons. The van der Waals surface area contributed by atoms with Gasteiger partial charge in [-0.2, -0.15) is 0 Å². The Labute approximate surface area is 248 Å². The first kappa shape index (κ1) is 28.0. The zero-order valence-corrected chi connectivity index (χ0v) is 23.5. The van der Waals surface area contributed by atoms with Gasteiger partial charge < -0.3 is 4.90 Å². The molecule has 0 unspecified atom stereocenters. The molecule has 0 aromatic heterocycles. The Balaban J connectivity index is 1.36. The van der Waals surface area contributed by atoms with Crippen molar-refractivity contribution in [3.05, 3.63) is 158 Å². The molecule has 41 heavy (non-hydrogen) atoms. The van der Waals surface area contributed by atoms with Gasteiger partial charge in [-0.1, -0.05) is 102 Å². The minimum atomic E-state index is -0.211. The van der Waals surface area contributed by atoms with Crippen molar-refractivity contribution in [2.75, 3.05) is 13.1 Å². The minimum absolute atomic E-state index is 0.0612. The van der Waals surface area contributed by atoms with E-state index in [2.05, 4.69) is 0 Å². The Kier molecular flexibility index (Phi) is 8.73. The quantitative estimate of drug-likeness (QED) is 0.172. The van der Waals surface area contributed by atoms with Crippen molar-refractivity contribution in [3.63, 3.8) is 0 Å². The summed E-state index contributed by atoms with van der Waals surface area (Å²) >= 11 is 12.0. The molecule has 4 aromatic rings. The van der Waals surface area contributed by atoms with Crippen LogP contribution in [0.5, 0.6) is 0 Å². The Hall–Kier alpha value is -4.51. The third-order valence-corrected chi connectivity index (χ3v) is 7.40. The monoisotopic (exact) mass is 577 g/mol. The molecular weight excluding hydrogens is 553 g/mol. The average Bonchev–Trinajstić information content (AvgIpc) is 3.00. The fraction of sp³-hybridized carbons (Fsp3) is 0.0571. The Morgan fingerprint density at radius 1 is 0.634 bits per heavy atom. The van der Waals surface area contributed by atoms with Crippen LogP contribution in [0, 0.1) is 0 Å². The second-order valence-electron chi connectivity index (χ2n) is 9.60. The molecule has 202 valence electrons. The van der Waals surface area contributed by atoms with Crippen LogP contribution in [0.3, 0.4) is 0 Å². The summed E-state index contributed by atoms with van der Waals surface area (Å²) in [6, 6.07) is 31.0. The van der Waals surface area contributed by atoms with Crippen LogP contribution >= 0.6 is 23.2 Å². The Morgan fingerprint density at radius 3 is 1.71 bits per heavy atom. The fourth-order valence-electron chi connectivity index (χ4n) is 4.52. The summed E-state index contributed by atoms with van der Waals surface area (Å²) in [5.74, 6) is -0.455. The molecule has 6 heteroatoms. The number of amides is 1. The molecule has 0 bridgehead atoms. The normalized spacial score (nSPS) is 15.6. The van der Waals surface area contributed by atoms with Gasteiger partial charge in [-0.3, -0.25) is 14.4 Å². The van der Waals surface area contributed by atoms with Gasteiger partial charge in [0, 0.05) is 22.3 Å². The molecule has 1 aliphatic rings. The molecule has 0 aliphatic carbocycles. The largest absolute Gasteiger partial charge is 0.330 e. The second kappa shape index (κ2) is 12.8. The van der Waals surface area contributed by atoms with E-state index < -0.39 is 0 Å². The third-order valence-electron chi connectivity index (χ3n) is 6.66. The van der Waals surface area contributed by atoms with E-state index in [4.69, 9.17) is 23.2 Å². The van der Waals surface area contributed by atoms with Gasteiger partial charge in [0.25, 0.3) is 5.91 Å². The number of hydrogen-bond donors (Lipinski definition) is 0. The number of halogens is 2. The number of nitrogens with zero attached hydrogens (tertiary/aromatic N) is 1. The molecule has 0 N–H and O–H groups in total. The number of allylic oxidation sites excluding steroid dienone is 1. The molecule has 4 nitrogen and oxygen atoms in total. The van der Waals surface area contributed by atoms with E-state index >= 15 is 0 Å². The molecule has 0 spiro atoms. The first-order valence-corrected chi connectivity index (χ1v) is 13.8. The summed E-state index contributed by atoms with van der Waals surface area (Å²) in [6.07, 6.45) is 6.83. The smallest absolute Gasteiger partial charge is 0.254 e. The van der Waals surface area contributed by atoms with Crippen LogP contribution in [0.4, 0.5) is 0 Å². The Morgan fingerprint density at radius 2 is 1.17 bits per heavy atom. The van der Waals surface area contributed by atoms with Crippen LogP contribution in [-0.2, 0) is 4.79 Å². The standard InChI is InChI=1S/C35H25Cl2NO3/c36-31-17-16-28(21-32(31)37)33(39)18-13-24-11-14-27(15-12-24)35(41)38-22-29(19-25-7-3-1-4-8-25)34(40)30(23-38)20-26-9-5-2-6-10-26/h1-21H,22-23H2. The molecule has 0 saturated carbocycles. The summed E-state index contributed by atoms with van der Waals surface area (Å²) < 4.78 is 0. The maximum atomic E-state index is 13.6. The number of ketones is 2. The van der Waals surface area contributed by atoms with Gasteiger partial charge in [0.15, 0.2) is 11.6 Å². The first-order valence-electron chi connectivity index (χ1n) is 13.0. The number of piperidine rings is 1. The second-order valence-corrected chi connectivity index (χ2v) is 10.4. The molecule has 4 aromatic carbocycles. The lowest BCUT2D eigenvalue weighted by Crippen LogP contribution is -2.41. The number of carbonyl (C=O) groups is 3. The lowest BCUT2D eigenvalue weighted by molar-refractivity contribution is -0.113. The van der Waals surface area contributed by atoms with E-state index in [1.54, 1.807) is 47.4 Å². The number of rotatable bonds is 6. The molecule has 0 atom stereocenters. The molecule has 1 fully saturated rings. The summed E-state index contributed by atoms with van der Waals surface area (Å²) in [5, 5.41) is 0.701. The molecular formula is C35H25Cl2NO3. The topological polar surface area (TPSA) is 54.5 Å². The van der Waals surface area contributed by atoms with E-state index in [1.165, 1.54) is 12.1 Å². The summed E-state index contributed by atoms with van der Waals surface area (Å²) in [6.45, 7) is 0.414. The van der Waals surface area contributed by atoms with E-state index in [0.717, 1.165) is 16.7 Å². The van der Waals surface area contributed by atoms with Crippen LogP contribution in [0.15, 0.2) is 120 Å². The summed E-state index contributed by atoms with van der Waals surface area (Å²) in [5.41, 5.74) is 4.59. The van der Waals surface area contributed by atoms with Gasteiger partial charge in [-0.15, -0.1) is 0 Å². The predicted molar refractivity (Wildman–Crippen MR) is 166 cm³/mol. The van der Waals surface area contributed by atoms with E-state index in [9.17, 15) is 14.4 Å². The van der Waals surface area contributed by atoms with Crippen LogP contribution in [0.25, 0.3) is 18.2 Å². The van der Waals surface area contributed by atoms with Crippen LogP contribution < -0.4 is 0 Å². The lowest BCUT2D eigenvalue weighted by atomic mass is 9.93. The van der Waals surface area contributed by atoms with Crippen molar-refractivity contribution in [3.8, 4) is 0 Å². The van der Waals surface area contributed by atoms with Gasteiger partial charge in [0.2, 0.25) is 0 Å². The Bertz CT molecular complexity index is 1630. The van der Waals surface area contributed by atoms with Crippen LogP contribution in [-0.4, -0.2) is 35.5 Å². The highest BCUT2D eigenvalue weighted by molar-refractivity contribution is 6.42. The van der Waals surface area contributed by atoms with Gasteiger partial charge in [-0.25, -0.2) is 0 Å². The third kappa shape index (κ3) is 6.98. The highest BCUT2D eigenvalue weighted by atomic mass is 35.5. The summed E-state index contributed by atoms with van der Waals surface area (Å²) in [4.78, 5) is 41.2. The predicted octanol–water partition coefficient (Wildman–Crippen LogP) is 8.08. The van der Waals surface area contributed by atoms with Crippen molar-refractivity contribution in [2.24, 2.45) is 0 Å². The fourth-order valence-corrected chi connectivity index (χ4v) is 4.82. The lowest BCUT2D eigenvalue weighted by Gasteiger charge is -2.30. The number of benzene rings is 4. The van der Waals surface area contributed by atoms with Gasteiger partial charge >= 0.3 is 0 Å². The number of likely N-dealkylation sites (tertiary alicyclic amines) is 1. The average molecular weight is 578 g/mol. The number of hydrogen-bond acceptors (Lipinski definition) is 3. The highest BCUT2D eigenvalue weighted by Gasteiger charge is 2.29. The maximum Gasteiger partial charge on any atom is 0.254 e. The van der Waals surface area contributed by atoms with E-state index in [0.29, 0.717) is 32.3 Å². The highest BCUT2D eigenvalue weighted by Crippen LogP contribution is 2.25. The van der Waals surface area contributed by atoms with Crippen molar-refractivity contribution >= 4 is 58.9 Å². The van der Waals surface area contributed by atoms with Crippen LogP contribution in [0.2, 0.25) is 10.0 Å². The molecule has 5 rings (SSSR count). The molecule has 1 amide bonds. The molecule has 1 aliphatic heterocycles. The zero-order valence-electron chi connectivity index (χ0n) is 22.0. The van der Waals surface area contributed by atoms with Crippen LogP contribution in [0.1, 0.15) is 37.4 Å². The van der Waals surface area contributed by atoms with E-state index in [1.807, 2.05) is 72.8 Å². The minimum Gasteiger partial charge on any atom is -0.330 e. The zero-order chi connectivity index (χ0) is 28.8. The SMILES string of the molecule is O=C1C(=Cc2ccccc2)CN(C(=O)c2ccc(C=CC(=O)c3ccc(Cl)c(Cl)c3)cc2)CC1=Cc1ccccc1. The summed E-state index contributed by atoms with van der Waals surface area (Å²) in [7, 11) is 0. The van der Waals surface area contributed by atoms with Crippen molar-refractivity contribution < 1.29 is 14.4 Å². The number of carbonyl (C=O) groups excluding carboxylic acids is 3. The van der Waals surface area contributed by atoms with Gasteiger partial charge in [0.1, 0.15) is 0 Å². The van der Waals surface area contributed by atoms with Crippen molar-refractivity contribution in [1.82, 2.24) is 4.90 Å². The van der Waals surface area contributed by atoms with Gasteiger partial charge in [-0.05, 0) is 65.3 Å². The maximum absolute atomic E-state index is 13.6.